The molecule has 2 heterocycles. The lowest BCUT2D eigenvalue weighted by molar-refractivity contribution is -0.142. The third-order valence-electron chi connectivity index (χ3n) is 3.19. The first-order valence-corrected chi connectivity index (χ1v) is 6.64. The van der Waals surface area contributed by atoms with Crippen LogP contribution in [-0.4, -0.2) is 32.9 Å². The van der Waals surface area contributed by atoms with Crippen molar-refractivity contribution in [2.45, 2.75) is 26.6 Å². The summed E-state index contributed by atoms with van der Waals surface area (Å²) in [6.07, 6.45) is -3.34. The molecule has 0 bridgehead atoms. The van der Waals surface area contributed by atoms with E-state index in [2.05, 4.69) is 15.6 Å². The molecule has 7 nitrogen and oxygen atoms in total. The number of alkyl halides is 3. The molecule has 0 spiro atoms. The number of nitrogens with one attached hydrogen (secondary N) is 1. The second kappa shape index (κ2) is 5.94. The Hall–Kier alpha value is -2.52. The highest BCUT2D eigenvalue weighted by atomic mass is 19.4. The zero-order chi connectivity index (χ0) is 17.4. The summed E-state index contributed by atoms with van der Waals surface area (Å²) in [5.41, 5.74) is -0.195. The number of hydrogen-bond donors (Lipinski definition) is 1. The van der Waals surface area contributed by atoms with E-state index in [0.29, 0.717) is 17.1 Å². The van der Waals surface area contributed by atoms with Crippen LogP contribution in [0.3, 0.4) is 0 Å². The van der Waals surface area contributed by atoms with Gasteiger partial charge in [-0.3, -0.25) is 4.68 Å². The van der Waals surface area contributed by atoms with Crippen LogP contribution in [-0.2, 0) is 19.8 Å². The summed E-state index contributed by atoms with van der Waals surface area (Å²) in [6, 6.07) is -0.573. The van der Waals surface area contributed by atoms with Crippen molar-refractivity contribution in [1.82, 2.24) is 19.8 Å². The number of urea groups is 1. The van der Waals surface area contributed by atoms with Crippen molar-refractivity contribution in [2.75, 3.05) is 12.4 Å². The smallest absolute Gasteiger partial charge is 0.359 e. The average Bonchev–Trinajstić information content (AvgIpc) is 2.95. The van der Waals surface area contributed by atoms with Gasteiger partial charge in [-0.25, -0.2) is 4.79 Å². The van der Waals surface area contributed by atoms with E-state index in [1.165, 1.54) is 20.3 Å². The third-order valence-corrected chi connectivity index (χ3v) is 3.19. The van der Waals surface area contributed by atoms with E-state index in [1.54, 1.807) is 13.8 Å². The molecule has 0 fully saturated rings. The van der Waals surface area contributed by atoms with E-state index < -0.39 is 17.9 Å². The molecular weight excluding hydrogens is 315 g/mol. The molecule has 0 aliphatic rings. The molecule has 0 atom stereocenters. The number of nitrogens with zero attached hydrogens (tertiary/aromatic N) is 4. The minimum Gasteiger partial charge on any atom is -0.359 e. The Balaban J connectivity index is 2.13. The number of carbonyl (C=O) groups excluding carboxylic acids is 1. The van der Waals surface area contributed by atoms with Crippen molar-refractivity contribution in [3.05, 3.63) is 28.9 Å². The molecule has 0 aromatic carbocycles. The monoisotopic (exact) mass is 331 g/mol. The Kier molecular flexibility index (Phi) is 4.35. The lowest BCUT2D eigenvalue weighted by Gasteiger charge is -2.18. The minimum atomic E-state index is -4.57. The van der Waals surface area contributed by atoms with Crippen LogP contribution in [0, 0.1) is 13.8 Å². The van der Waals surface area contributed by atoms with Gasteiger partial charge in [-0.1, -0.05) is 5.16 Å². The number of carbonyl (C=O) groups is 1. The molecule has 2 amide bonds. The maximum atomic E-state index is 12.9. The Morgan fingerprint density at radius 3 is 2.61 bits per heavy atom. The molecule has 0 unspecified atom stereocenters. The van der Waals surface area contributed by atoms with Gasteiger partial charge >= 0.3 is 12.2 Å². The number of aryl methyl sites for hydroxylation is 3. The van der Waals surface area contributed by atoms with E-state index in [0.717, 1.165) is 9.58 Å². The molecule has 2 aromatic rings. The highest BCUT2D eigenvalue weighted by Gasteiger charge is 2.37. The molecule has 23 heavy (non-hydrogen) atoms. The Bertz CT molecular complexity index is 700. The Morgan fingerprint density at radius 2 is 2.09 bits per heavy atom. The van der Waals surface area contributed by atoms with Gasteiger partial charge in [0.15, 0.2) is 11.5 Å². The lowest BCUT2D eigenvalue weighted by atomic mass is 10.2. The molecule has 0 radical (unpaired) electrons. The zero-order valence-electron chi connectivity index (χ0n) is 13.0. The molecular formula is C13H16F3N5O2. The number of halogens is 3. The summed E-state index contributed by atoms with van der Waals surface area (Å²) in [7, 11) is 2.78. The molecule has 0 saturated carbocycles. The van der Waals surface area contributed by atoms with Crippen molar-refractivity contribution in [2.24, 2.45) is 7.05 Å². The first-order valence-electron chi connectivity index (χ1n) is 6.64. The van der Waals surface area contributed by atoms with Gasteiger partial charge in [0, 0.05) is 25.9 Å². The zero-order valence-corrected chi connectivity index (χ0v) is 13.0. The quantitative estimate of drug-likeness (QED) is 0.938. The Morgan fingerprint density at radius 1 is 1.43 bits per heavy atom. The number of anilines is 1. The van der Waals surface area contributed by atoms with Gasteiger partial charge in [-0.05, 0) is 13.8 Å². The normalized spacial score (nSPS) is 11.6. The van der Waals surface area contributed by atoms with Crippen LogP contribution in [0.4, 0.5) is 23.7 Å². The van der Waals surface area contributed by atoms with Gasteiger partial charge < -0.3 is 14.7 Å². The highest BCUT2D eigenvalue weighted by molar-refractivity contribution is 5.90. The maximum Gasteiger partial charge on any atom is 0.435 e. The molecule has 1 N–H and O–H groups in total. The van der Waals surface area contributed by atoms with Crippen LogP contribution in [0.5, 0.6) is 0 Å². The number of hydrogen-bond acceptors (Lipinski definition) is 4. The molecule has 0 saturated heterocycles. The summed E-state index contributed by atoms with van der Waals surface area (Å²) in [5, 5.41) is 9.66. The number of amides is 2. The summed E-state index contributed by atoms with van der Waals surface area (Å²) < 4.78 is 44.7. The fraction of sp³-hybridized carbons (Fsp3) is 0.462. The van der Waals surface area contributed by atoms with Crippen LogP contribution in [0.2, 0.25) is 0 Å². The molecule has 126 valence electrons. The fourth-order valence-corrected chi connectivity index (χ4v) is 2.08. The standard InChI is InChI=1S/C13H16F3N5O2/c1-7-10(8(2)23-19-7)17-12(22)20(3)5-9-6-21(4)18-11(9)13(14,15)16/h6H,5H2,1-4H3,(H,17,22). The first-order chi connectivity index (χ1) is 10.6. The van der Waals surface area contributed by atoms with Crippen LogP contribution in [0.15, 0.2) is 10.7 Å². The van der Waals surface area contributed by atoms with Crippen molar-refractivity contribution in [3.63, 3.8) is 0 Å². The molecule has 2 aromatic heterocycles. The predicted octanol–water partition coefficient (Wildman–Crippen LogP) is 2.71. The van der Waals surface area contributed by atoms with Gasteiger partial charge in [0.1, 0.15) is 11.4 Å². The van der Waals surface area contributed by atoms with Gasteiger partial charge in [0.05, 0.1) is 6.54 Å². The van der Waals surface area contributed by atoms with Crippen LogP contribution in [0.1, 0.15) is 22.7 Å². The minimum absolute atomic E-state index is 0.0867. The van der Waals surface area contributed by atoms with Crippen molar-refractivity contribution in [1.29, 1.82) is 0 Å². The van der Waals surface area contributed by atoms with Gasteiger partial charge in [-0.2, -0.15) is 18.3 Å². The van der Waals surface area contributed by atoms with E-state index in [9.17, 15) is 18.0 Å². The van der Waals surface area contributed by atoms with Gasteiger partial charge in [0.2, 0.25) is 0 Å². The van der Waals surface area contributed by atoms with Crippen LogP contribution < -0.4 is 5.32 Å². The van der Waals surface area contributed by atoms with Crippen molar-refractivity contribution in [3.8, 4) is 0 Å². The second-order valence-corrected chi connectivity index (χ2v) is 5.16. The lowest BCUT2D eigenvalue weighted by Crippen LogP contribution is -2.31. The topological polar surface area (TPSA) is 76.2 Å². The van der Waals surface area contributed by atoms with E-state index >= 15 is 0 Å². The predicted molar refractivity (Wildman–Crippen MR) is 74.7 cm³/mol. The summed E-state index contributed by atoms with van der Waals surface area (Å²) in [4.78, 5) is 13.2. The van der Waals surface area contributed by atoms with Crippen molar-refractivity contribution >= 4 is 11.7 Å². The van der Waals surface area contributed by atoms with E-state index in [1.807, 2.05) is 0 Å². The largest absolute Gasteiger partial charge is 0.435 e. The molecule has 10 heteroatoms. The molecule has 0 aliphatic heterocycles. The van der Waals surface area contributed by atoms with E-state index in [-0.39, 0.29) is 12.1 Å². The maximum absolute atomic E-state index is 12.9. The van der Waals surface area contributed by atoms with Crippen molar-refractivity contribution < 1.29 is 22.5 Å². The van der Waals surface area contributed by atoms with Crippen LogP contribution >= 0.6 is 0 Å². The summed E-state index contributed by atoms with van der Waals surface area (Å²) in [6.45, 7) is 3.03. The van der Waals surface area contributed by atoms with E-state index in [4.69, 9.17) is 4.52 Å². The first kappa shape index (κ1) is 16.8. The van der Waals surface area contributed by atoms with Gasteiger partial charge in [-0.15, -0.1) is 0 Å². The highest BCUT2D eigenvalue weighted by Crippen LogP contribution is 2.31. The number of rotatable bonds is 3. The third kappa shape index (κ3) is 3.63. The summed E-state index contributed by atoms with van der Waals surface area (Å²) in [5.74, 6) is 0.418. The SMILES string of the molecule is Cc1noc(C)c1NC(=O)N(C)Cc1cn(C)nc1C(F)(F)F. The Labute approximate surface area is 130 Å². The van der Waals surface area contributed by atoms with Gasteiger partial charge in [0.25, 0.3) is 0 Å². The fourth-order valence-electron chi connectivity index (χ4n) is 2.08. The molecule has 0 aliphatic carbocycles. The second-order valence-electron chi connectivity index (χ2n) is 5.16. The van der Waals surface area contributed by atoms with Crippen LogP contribution in [0.25, 0.3) is 0 Å². The summed E-state index contributed by atoms with van der Waals surface area (Å²) >= 11 is 0. The number of aromatic nitrogens is 3. The average molecular weight is 331 g/mol. The molecule has 2 rings (SSSR count).